The van der Waals surface area contributed by atoms with Crippen LogP contribution in [0, 0.1) is 10.8 Å². The second kappa shape index (κ2) is 19.3. The molecule has 0 heterocycles. The summed E-state index contributed by atoms with van der Waals surface area (Å²) in [4.78, 5) is 11.4. The average molecular weight is 619 g/mol. The van der Waals surface area contributed by atoms with Crippen LogP contribution in [0.25, 0.3) is 0 Å². The van der Waals surface area contributed by atoms with E-state index in [1.807, 2.05) is 31.6 Å². The van der Waals surface area contributed by atoms with Gasteiger partial charge in [0.15, 0.2) is 5.52 Å². The SMILES string of the molecule is CC1=C(/C=C/C(C)=C/C=C/C(C)=C/P)C(C)(C)CCC1.CPC(=O)/C=C(C)/C=C/C=C(C)/C=C/C1=C(C)CCCC1(C)C. The van der Waals surface area contributed by atoms with Crippen molar-refractivity contribution < 1.29 is 4.79 Å². The predicted molar refractivity (Wildman–Crippen MR) is 201 cm³/mol. The van der Waals surface area contributed by atoms with Crippen LogP contribution in [0.2, 0.25) is 0 Å². The van der Waals surface area contributed by atoms with Crippen LogP contribution < -0.4 is 0 Å². The van der Waals surface area contributed by atoms with Gasteiger partial charge in [-0.25, -0.2) is 0 Å². The highest BCUT2D eigenvalue weighted by Crippen LogP contribution is 2.41. The van der Waals surface area contributed by atoms with E-state index in [0.717, 1.165) is 5.57 Å². The van der Waals surface area contributed by atoms with Crippen LogP contribution in [0.15, 0.2) is 117 Å². The minimum Gasteiger partial charge on any atom is -0.290 e. The van der Waals surface area contributed by atoms with E-state index in [1.165, 1.54) is 72.0 Å². The molecular formula is C40H60OP2. The lowest BCUT2D eigenvalue weighted by molar-refractivity contribution is -0.107. The average Bonchev–Trinajstić information content (AvgIpc) is 2.91. The first-order valence-electron chi connectivity index (χ1n) is 15.9. The molecule has 2 aliphatic carbocycles. The summed E-state index contributed by atoms with van der Waals surface area (Å²) in [5, 5.41) is 0. The molecule has 0 aromatic carbocycles. The lowest BCUT2D eigenvalue weighted by Crippen LogP contribution is -2.19. The van der Waals surface area contributed by atoms with Crippen LogP contribution in [0.1, 0.15) is 108 Å². The third kappa shape index (κ3) is 15.0. The van der Waals surface area contributed by atoms with Crippen molar-refractivity contribution in [3.05, 3.63) is 117 Å². The summed E-state index contributed by atoms with van der Waals surface area (Å²) in [7, 11) is 2.97. The van der Waals surface area contributed by atoms with E-state index in [4.69, 9.17) is 0 Å². The van der Waals surface area contributed by atoms with Crippen molar-refractivity contribution in [2.24, 2.45) is 10.8 Å². The highest BCUT2D eigenvalue weighted by Gasteiger charge is 2.27. The highest BCUT2D eigenvalue weighted by atomic mass is 31.1. The van der Waals surface area contributed by atoms with Crippen LogP contribution in [0.5, 0.6) is 0 Å². The molecule has 2 aliphatic rings. The molecule has 0 radical (unpaired) electrons. The van der Waals surface area contributed by atoms with Gasteiger partial charge in [-0.15, -0.1) is 9.24 Å². The first-order valence-corrected chi connectivity index (χ1v) is 18.0. The fourth-order valence-corrected chi connectivity index (χ4v) is 6.13. The molecule has 2 unspecified atom stereocenters. The molecule has 0 amide bonds. The lowest BCUT2D eigenvalue weighted by atomic mass is 9.72. The molecule has 1 nitrogen and oxygen atoms in total. The summed E-state index contributed by atoms with van der Waals surface area (Å²) in [5.41, 5.74) is 11.7. The molecule has 0 spiro atoms. The second-order valence-corrected chi connectivity index (χ2v) is 14.8. The number of hydrogen-bond acceptors (Lipinski definition) is 1. The molecule has 0 saturated heterocycles. The van der Waals surface area contributed by atoms with Gasteiger partial charge in [0.1, 0.15) is 0 Å². The van der Waals surface area contributed by atoms with Gasteiger partial charge in [0.2, 0.25) is 0 Å². The maximum Gasteiger partial charge on any atom is 0.173 e. The zero-order valence-corrected chi connectivity index (χ0v) is 31.3. The van der Waals surface area contributed by atoms with Crippen molar-refractivity contribution >= 4 is 23.3 Å². The third-order valence-corrected chi connectivity index (χ3v) is 9.58. The number of allylic oxidation sites excluding steroid dienone is 19. The first-order chi connectivity index (χ1) is 20.1. The molecule has 0 aliphatic heterocycles. The van der Waals surface area contributed by atoms with Gasteiger partial charge < -0.3 is 0 Å². The molecule has 3 heteroatoms. The Balaban J connectivity index is 0.000000434. The van der Waals surface area contributed by atoms with Gasteiger partial charge in [0, 0.05) is 0 Å². The van der Waals surface area contributed by atoms with E-state index >= 15 is 0 Å². The predicted octanol–water partition coefficient (Wildman–Crippen LogP) is 12.7. The van der Waals surface area contributed by atoms with E-state index in [9.17, 15) is 4.79 Å². The Hall–Kier alpha value is -2.07. The summed E-state index contributed by atoms with van der Waals surface area (Å²) in [6, 6.07) is 0. The molecular weight excluding hydrogens is 558 g/mol. The molecule has 0 bridgehead atoms. The number of rotatable bonds is 10. The van der Waals surface area contributed by atoms with E-state index in [-0.39, 0.29) is 10.9 Å². The van der Waals surface area contributed by atoms with Gasteiger partial charge in [-0.1, -0.05) is 122 Å². The van der Waals surface area contributed by atoms with E-state index < -0.39 is 0 Å². The van der Waals surface area contributed by atoms with Gasteiger partial charge >= 0.3 is 0 Å². The van der Waals surface area contributed by atoms with Gasteiger partial charge in [-0.2, -0.15) is 0 Å². The smallest absolute Gasteiger partial charge is 0.173 e. The molecule has 236 valence electrons. The Morgan fingerprint density at radius 3 is 1.49 bits per heavy atom. The molecule has 2 atom stereocenters. The Morgan fingerprint density at radius 2 is 1.12 bits per heavy atom. The van der Waals surface area contributed by atoms with Crippen LogP contribution >= 0.6 is 17.8 Å². The van der Waals surface area contributed by atoms with Crippen molar-refractivity contribution in [3.63, 3.8) is 0 Å². The Morgan fingerprint density at radius 1 is 0.698 bits per heavy atom. The Labute approximate surface area is 269 Å². The van der Waals surface area contributed by atoms with E-state index in [0.29, 0.717) is 14.0 Å². The molecule has 43 heavy (non-hydrogen) atoms. The monoisotopic (exact) mass is 618 g/mol. The van der Waals surface area contributed by atoms with Gasteiger partial charge in [0.05, 0.1) is 0 Å². The van der Waals surface area contributed by atoms with Gasteiger partial charge in [-0.05, 0) is 129 Å². The number of carbonyl (C=O) groups excluding carboxylic acids is 1. The number of hydrogen-bond donors (Lipinski definition) is 0. The second-order valence-electron chi connectivity index (χ2n) is 13.5. The van der Waals surface area contributed by atoms with Crippen LogP contribution in [0.4, 0.5) is 0 Å². The fourth-order valence-electron chi connectivity index (χ4n) is 5.65. The fraction of sp³-hybridized carbons (Fsp3) is 0.475. The zero-order chi connectivity index (χ0) is 32.6. The van der Waals surface area contributed by atoms with E-state index in [1.54, 1.807) is 11.6 Å². The van der Waals surface area contributed by atoms with Crippen molar-refractivity contribution in [1.29, 1.82) is 0 Å². The maximum atomic E-state index is 11.4. The minimum absolute atomic E-state index is 0.203. The first kappa shape index (κ1) is 39.0. The summed E-state index contributed by atoms with van der Waals surface area (Å²) in [6.45, 7) is 24.2. The Kier molecular flexibility index (Phi) is 17.5. The maximum absolute atomic E-state index is 11.4. The molecule has 0 aromatic rings. The standard InChI is InChI=1S/C21H31OP.C19H29P/c1-16(9-7-10-17(2)15-20(22)23-6)12-13-19-18(3)11-8-14-21(19,4)5;1-15(8-6-9-16(2)14-20)11-12-18-17(3)10-7-13-19(18,4)5/h7,9-10,12-13,15,23H,8,11,14H2,1-6H3;6,8-9,11-12,14H,7,10,13,20H2,1-5H3/b10-7+,13-12+,16-9+,17-15+;9-6+,12-11+,15-8+,16-14+. The zero-order valence-electron chi connectivity index (χ0n) is 29.2. The highest BCUT2D eigenvalue weighted by molar-refractivity contribution is 7.57. The third-order valence-electron chi connectivity index (χ3n) is 8.42. The van der Waals surface area contributed by atoms with Crippen LogP contribution in [0.3, 0.4) is 0 Å². The molecule has 2 rings (SSSR count). The van der Waals surface area contributed by atoms with Gasteiger partial charge in [-0.3, -0.25) is 4.79 Å². The topological polar surface area (TPSA) is 17.1 Å². The molecule has 0 aromatic heterocycles. The summed E-state index contributed by atoms with van der Waals surface area (Å²) in [6.07, 6.45) is 31.0. The molecule has 0 saturated carbocycles. The van der Waals surface area contributed by atoms with Crippen LogP contribution in [-0.2, 0) is 4.79 Å². The summed E-state index contributed by atoms with van der Waals surface area (Å²) >= 11 is 0. The van der Waals surface area contributed by atoms with Crippen molar-refractivity contribution in [1.82, 2.24) is 0 Å². The normalized spacial score (nSPS) is 20.8. The molecule has 0 N–H and O–H groups in total. The largest absolute Gasteiger partial charge is 0.290 e. The van der Waals surface area contributed by atoms with Crippen molar-refractivity contribution in [3.8, 4) is 0 Å². The van der Waals surface area contributed by atoms with Crippen molar-refractivity contribution in [2.75, 3.05) is 6.66 Å². The van der Waals surface area contributed by atoms with Crippen molar-refractivity contribution in [2.45, 2.75) is 108 Å². The molecule has 0 fully saturated rings. The number of carbonyl (C=O) groups is 1. The van der Waals surface area contributed by atoms with E-state index in [2.05, 4.69) is 120 Å². The summed E-state index contributed by atoms with van der Waals surface area (Å²) < 4.78 is 0. The minimum atomic E-state index is 0.203. The summed E-state index contributed by atoms with van der Waals surface area (Å²) in [5.74, 6) is 2.04. The van der Waals surface area contributed by atoms with Crippen LogP contribution in [-0.4, -0.2) is 12.2 Å². The lowest BCUT2D eigenvalue weighted by Gasteiger charge is -2.33. The Bertz CT molecular complexity index is 1260. The quantitative estimate of drug-likeness (QED) is 0.135. The van der Waals surface area contributed by atoms with Gasteiger partial charge in [0.25, 0.3) is 0 Å².